The van der Waals surface area contributed by atoms with Gasteiger partial charge in [-0.15, -0.1) is 0 Å². The smallest absolute Gasteiger partial charge is 0.257 e. The van der Waals surface area contributed by atoms with E-state index in [0.717, 1.165) is 10.7 Å². The Morgan fingerprint density at radius 1 is 0.897 bits per heavy atom. The van der Waals surface area contributed by atoms with Crippen molar-refractivity contribution in [3.05, 3.63) is 90.8 Å². The maximum atomic E-state index is 12.6. The van der Waals surface area contributed by atoms with Gasteiger partial charge >= 0.3 is 0 Å². The highest BCUT2D eigenvalue weighted by Gasteiger charge is 2.14. The van der Waals surface area contributed by atoms with E-state index in [1.807, 2.05) is 59.1 Å². The van der Waals surface area contributed by atoms with Gasteiger partial charge in [-0.3, -0.25) is 14.0 Å². The summed E-state index contributed by atoms with van der Waals surface area (Å²) in [6.07, 6.45) is 3.68. The third-order valence-corrected chi connectivity index (χ3v) is 5.18. The number of benzene rings is 2. The van der Waals surface area contributed by atoms with E-state index in [1.54, 1.807) is 30.5 Å². The van der Waals surface area contributed by atoms with Crippen LogP contribution in [0.25, 0.3) is 5.52 Å². The summed E-state index contributed by atoms with van der Waals surface area (Å²) >= 11 is 1.34. The van der Waals surface area contributed by atoms with Gasteiger partial charge in [0.05, 0.1) is 28.7 Å². The molecule has 0 saturated heterocycles. The van der Waals surface area contributed by atoms with Crippen LogP contribution in [0.3, 0.4) is 0 Å². The minimum Gasteiger partial charge on any atom is -0.325 e. The fourth-order valence-electron chi connectivity index (χ4n) is 2.85. The second-order valence-corrected chi connectivity index (χ2v) is 7.18. The number of hydrogen-bond donors (Lipinski definition) is 2. The van der Waals surface area contributed by atoms with E-state index in [1.165, 1.54) is 11.8 Å². The van der Waals surface area contributed by atoms with Crippen LogP contribution in [0.15, 0.2) is 90.3 Å². The standard InChI is InChI=1S/C22H18N4O2S/c27-20(15-29-22-23-14-17-10-6-7-13-26(17)22)25-19-12-5-4-11-18(19)21(28)24-16-8-2-1-3-9-16/h1-14H,15H2,(H,24,28)(H,25,27). The van der Waals surface area contributed by atoms with Crippen molar-refractivity contribution in [2.24, 2.45) is 0 Å². The zero-order valence-electron chi connectivity index (χ0n) is 15.4. The minimum atomic E-state index is -0.279. The quantitative estimate of drug-likeness (QED) is 0.471. The van der Waals surface area contributed by atoms with Gasteiger partial charge in [0.15, 0.2) is 5.16 Å². The van der Waals surface area contributed by atoms with Crippen LogP contribution < -0.4 is 10.6 Å². The Kier molecular flexibility index (Phi) is 5.58. The number of nitrogens with zero attached hydrogens (tertiary/aromatic N) is 2. The van der Waals surface area contributed by atoms with E-state index in [4.69, 9.17) is 0 Å². The number of amides is 2. The molecule has 2 aromatic carbocycles. The number of hydrogen-bond acceptors (Lipinski definition) is 4. The zero-order valence-corrected chi connectivity index (χ0v) is 16.2. The van der Waals surface area contributed by atoms with Crippen molar-refractivity contribution >= 4 is 40.5 Å². The molecule has 2 amide bonds. The monoisotopic (exact) mass is 402 g/mol. The summed E-state index contributed by atoms with van der Waals surface area (Å²) in [6.45, 7) is 0. The molecule has 4 aromatic rings. The molecule has 0 spiro atoms. The lowest BCUT2D eigenvalue weighted by atomic mass is 10.1. The molecule has 0 saturated carbocycles. The predicted octanol–water partition coefficient (Wildman–Crippen LogP) is 4.32. The van der Waals surface area contributed by atoms with Crippen molar-refractivity contribution in [2.45, 2.75) is 5.16 Å². The molecule has 4 rings (SSSR count). The molecule has 29 heavy (non-hydrogen) atoms. The second-order valence-electron chi connectivity index (χ2n) is 6.24. The van der Waals surface area contributed by atoms with Gasteiger partial charge in [0, 0.05) is 11.9 Å². The van der Waals surface area contributed by atoms with Crippen molar-refractivity contribution < 1.29 is 9.59 Å². The van der Waals surface area contributed by atoms with Crippen LogP contribution in [0, 0.1) is 0 Å². The van der Waals surface area contributed by atoms with E-state index >= 15 is 0 Å². The lowest BCUT2D eigenvalue weighted by Crippen LogP contribution is -2.19. The number of carbonyl (C=O) groups excluding carboxylic acids is 2. The largest absolute Gasteiger partial charge is 0.325 e. The molecule has 0 unspecified atom stereocenters. The molecule has 144 valence electrons. The lowest BCUT2D eigenvalue weighted by molar-refractivity contribution is -0.113. The average molecular weight is 402 g/mol. The first-order chi connectivity index (χ1) is 14.2. The highest BCUT2D eigenvalue weighted by atomic mass is 32.2. The molecule has 0 aliphatic rings. The van der Waals surface area contributed by atoms with Crippen molar-refractivity contribution in [1.82, 2.24) is 9.38 Å². The Hall–Kier alpha value is -3.58. The van der Waals surface area contributed by atoms with Crippen LogP contribution in [-0.4, -0.2) is 27.0 Å². The second kappa shape index (κ2) is 8.62. The van der Waals surface area contributed by atoms with Crippen molar-refractivity contribution in [3.63, 3.8) is 0 Å². The molecule has 0 atom stereocenters. The summed E-state index contributed by atoms with van der Waals surface area (Å²) < 4.78 is 1.93. The number of fused-ring (bicyclic) bond motifs is 1. The van der Waals surface area contributed by atoms with Crippen LogP contribution in [-0.2, 0) is 4.79 Å². The molecular weight excluding hydrogens is 384 g/mol. The van der Waals surface area contributed by atoms with E-state index in [2.05, 4.69) is 15.6 Å². The number of aromatic nitrogens is 2. The molecule has 2 heterocycles. The molecule has 6 nitrogen and oxygen atoms in total. The first kappa shape index (κ1) is 18.8. The van der Waals surface area contributed by atoms with Crippen LogP contribution in [0.2, 0.25) is 0 Å². The molecule has 0 aliphatic carbocycles. The summed E-state index contributed by atoms with van der Waals surface area (Å²) in [5.41, 5.74) is 2.54. The lowest BCUT2D eigenvalue weighted by Gasteiger charge is -2.11. The SMILES string of the molecule is O=C(CSc1ncc2ccccn12)Nc1ccccc1C(=O)Nc1ccccc1. The van der Waals surface area contributed by atoms with Gasteiger partial charge in [0.2, 0.25) is 5.91 Å². The van der Waals surface area contributed by atoms with Gasteiger partial charge in [-0.25, -0.2) is 4.98 Å². The summed E-state index contributed by atoms with van der Waals surface area (Å²) in [5.74, 6) is -0.301. The van der Waals surface area contributed by atoms with E-state index in [0.29, 0.717) is 16.9 Å². The fraction of sp³-hybridized carbons (Fsp3) is 0.0455. The maximum absolute atomic E-state index is 12.6. The Morgan fingerprint density at radius 2 is 1.66 bits per heavy atom. The third-order valence-electron chi connectivity index (χ3n) is 4.21. The Morgan fingerprint density at radius 3 is 2.52 bits per heavy atom. The number of imidazole rings is 1. The summed E-state index contributed by atoms with van der Waals surface area (Å²) in [7, 11) is 0. The topological polar surface area (TPSA) is 75.5 Å². The Labute approximate surface area is 172 Å². The normalized spacial score (nSPS) is 10.6. The summed E-state index contributed by atoms with van der Waals surface area (Å²) in [6, 6.07) is 22.0. The third kappa shape index (κ3) is 4.47. The number of rotatable bonds is 6. The van der Waals surface area contributed by atoms with Gasteiger partial charge < -0.3 is 10.6 Å². The van der Waals surface area contributed by atoms with Gasteiger partial charge in [0.1, 0.15) is 0 Å². The number of thioether (sulfide) groups is 1. The number of nitrogens with one attached hydrogen (secondary N) is 2. The fourth-order valence-corrected chi connectivity index (χ4v) is 3.62. The predicted molar refractivity (Wildman–Crippen MR) is 115 cm³/mol. The molecule has 0 aliphatic heterocycles. The summed E-state index contributed by atoms with van der Waals surface area (Å²) in [4.78, 5) is 29.5. The molecule has 7 heteroatoms. The van der Waals surface area contributed by atoms with Crippen molar-refractivity contribution in [1.29, 1.82) is 0 Å². The number of anilines is 2. The number of carbonyl (C=O) groups is 2. The first-order valence-electron chi connectivity index (χ1n) is 9.01. The van der Waals surface area contributed by atoms with Crippen LogP contribution >= 0.6 is 11.8 Å². The average Bonchev–Trinajstić information content (AvgIpc) is 3.16. The number of para-hydroxylation sites is 2. The molecular formula is C22H18N4O2S. The maximum Gasteiger partial charge on any atom is 0.257 e. The van der Waals surface area contributed by atoms with Gasteiger partial charge in [-0.05, 0) is 36.4 Å². The summed E-state index contributed by atoms with van der Waals surface area (Å²) in [5, 5.41) is 6.41. The minimum absolute atomic E-state index is 0.183. The number of pyridine rings is 1. The van der Waals surface area contributed by atoms with Crippen molar-refractivity contribution in [3.8, 4) is 0 Å². The van der Waals surface area contributed by atoms with Crippen molar-refractivity contribution in [2.75, 3.05) is 16.4 Å². The van der Waals surface area contributed by atoms with E-state index < -0.39 is 0 Å². The van der Waals surface area contributed by atoms with Gasteiger partial charge in [-0.2, -0.15) is 0 Å². The van der Waals surface area contributed by atoms with Gasteiger partial charge in [0.25, 0.3) is 5.91 Å². The zero-order chi connectivity index (χ0) is 20.1. The van der Waals surface area contributed by atoms with Crippen LogP contribution in [0.4, 0.5) is 11.4 Å². The highest BCUT2D eigenvalue weighted by Crippen LogP contribution is 2.21. The van der Waals surface area contributed by atoms with E-state index in [9.17, 15) is 9.59 Å². The van der Waals surface area contributed by atoms with E-state index in [-0.39, 0.29) is 17.6 Å². The molecule has 0 radical (unpaired) electrons. The Balaban J connectivity index is 1.42. The van der Waals surface area contributed by atoms with Gasteiger partial charge in [-0.1, -0.05) is 48.2 Å². The molecule has 2 aromatic heterocycles. The first-order valence-corrected chi connectivity index (χ1v) is 9.99. The Bertz CT molecular complexity index is 1160. The molecule has 0 fully saturated rings. The molecule has 2 N–H and O–H groups in total. The van der Waals surface area contributed by atoms with Crippen LogP contribution in [0.1, 0.15) is 10.4 Å². The van der Waals surface area contributed by atoms with Crippen LogP contribution in [0.5, 0.6) is 0 Å². The molecule has 0 bridgehead atoms. The highest BCUT2D eigenvalue weighted by molar-refractivity contribution is 7.99.